The molecule has 1 aliphatic heterocycles. The molecule has 1 aliphatic rings. The van der Waals surface area contributed by atoms with Crippen LogP contribution < -0.4 is 9.46 Å². The molecule has 4 aromatic rings. The molecule has 2 aromatic heterocycles. The van der Waals surface area contributed by atoms with Crippen molar-refractivity contribution in [3.8, 4) is 17.1 Å². The van der Waals surface area contributed by atoms with E-state index >= 15 is 0 Å². The van der Waals surface area contributed by atoms with Gasteiger partial charge in [-0.15, -0.1) is 0 Å². The van der Waals surface area contributed by atoms with Gasteiger partial charge in [-0.25, -0.2) is 18.1 Å². The van der Waals surface area contributed by atoms with Crippen LogP contribution in [-0.4, -0.2) is 69.4 Å². The predicted molar refractivity (Wildman–Crippen MR) is 153 cm³/mol. The summed E-state index contributed by atoms with van der Waals surface area (Å²) in [6.45, 7) is 4.45. The molecule has 0 unspecified atom stereocenters. The average molecular weight is 577 g/mol. The van der Waals surface area contributed by atoms with Gasteiger partial charge in [0.25, 0.3) is 15.9 Å². The van der Waals surface area contributed by atoms with Crippen molar-refractivity contribution in [2.24, 2.45) is 7.05 Å². The Labute approximate surface area is 238 Å². The van der Waals surface area contributed by atoms with Crippen molar-refractivity contribution in [1.29, 1.82) is 0 Å². The van der Waals surface area contributed by atoms with Crippen LogP contribution in [0.4, 0.5) is 5.95 Å². The highest BCUT2D eigenvalue weighted by molar-refractivity contribution is 7.92. The van der Waals surface area contributed by atoms with Crippen molar-refractivity contribution in [1.82, 2.24) is 24.6 Å². The summed E-state index contributed by atoms with van der Waals surface area (Å²) in [4.78, 5) is 23.1. The molecule has 0 spiro atoms. The first-order chi connectivity index (χ1) is 19.6. The summed E-state index contributed by atoms with van der Waals surface area (Å²) in [6, 6.07) is 17.2. The van der Waals surface area contributed by atoms with Crippen LogP contribution in [0.5, 0.6) is 5.88 Å². The number of aliphatic hydroxyl groups is 1. The van der Waals surface area contributed by atoms with Gasteiger partial charge in [0.2, 0.25) is 11.8 Å². The van der Waals surface area contributed by atoms with Crippen LogP contribution >= 0.6 is 0 Å². The van der Waals surface area contributed by atoms with Crippen molar-refractivity contribution in [2.45, 2.75) is 43.8 Å². The molecule has 1 atom stereocenters. The first-order valence-corrected chi connectivity index (χ1v) is 14.7. The molecule has 2 N–H and O–H groups in total. The normalized spacial score (nSPS) is 14.4. The fourth-order valence-electron chi connectivity index (χ4n) is 4.74. The quantitative estimate of drug-likeness (QED) is 0.294. The second kappa shape index (κ2) is 11.7. The van der Waals surface area contributed by atoms with E-state index in [2.05, 4.69) is 19.8 Å². The first-order valence-electron chi connectivity index (χ1n) is 13.2. The number of amides is 1. The number of aryl methyl sites for hydroxylation is 4. The minimum atomic E-state index is -4.00. The molecule has 11 nitrogen and oxygen atoms in total. The van der Waals surface area contributed by atoms with E-state index in [1.165, 1.54) is 17.1 Å². The third-order valence-electron chi connectivity index (χ3n) is 6.94. The number of benzene rings is 2. The van der Waals surface area contributed by atoms with Gasteiger partial charge in [0, 0.05) is 24.9 Å². The Morgan fingerprint density at radius 3 is 2.46 bits per heavy atom. The van der Waals surface area contributed by atoms with Crippen molar-refractivity contribution < 1.29 is 23.1 Å². The van der Waals surface area contributed by atoms with Crippen LogP contribution in [0.3, 0.4) is 0 Å². The number of rotatable bonds is 10. The van der Waals surface area contributed by atoms with Gasteiger partial charge in [-0.3, -0.25) is 9.48 Å². The van der Waals surface area contributed by atoms with Crippen LogP contribution in [0.1, 0.15) is 23.1 Å². The number of ether oxygens (including phenoxy) is 1. The van der Waals surface area contributed by atoms with Gasteiger partial charge in [-0.05, 0) is 43.4 Å². The lowest BCUT2D eigenvalue weighted by Crippen LogP contribution is -2.58. The van der Waals surface area contributed by atoms with E-state index in [0.29, 0.717) is 18.5 Å². The highest BCUT2D eigenvalue weighted by Gasteiger charge is 2.35. The van der Waals surface area contributed by atoms with E-state index in [1.807, 2.05) is 62.4 Å². The number of aromatic nitrogens is 4. The van der Waals surface area contributed by atoms with Crippen molar-refractivity contribution in [3.63, 3.8) is 0 Å². The van der Waals surface area contributed by atoms with Crippen LogP contribution in [0, 0.1) is 13.8 Å². The zero-order valence-corrected chi connectivity index (χ0v) is 23.9. The van der Waals surface area contributed by atoms with Crippen LogP contribution in [0.15, 0.2) is 71.9 Å². The van der Waals surface area contributed by atoms with Gasteiger partial charge in [-0.1, -0.05) is 48.5 Å². The molecule has 0 saturated carbocycles. The maximum Gasteiger partial charge on any atom is 0.267 e. The van der Waals surface area contributed by atoms with Gasteiger partial charge >= 0.3 is 0 Å². The van der Waals surface area contributed by atoms with Crippen molar-refractivity contribution >= 4 is 21.9 Å². The molecule has 1 saturated heterocycles. The number of nitrogens with one attached hydrogen (secondary N) is 1. The van der Waals surface area contributed by atoms with Gasteiger partial charge in [-0.2, -0.15) is 10.1 Å². The van der Waals surface area contributed by atoms with Crippen LogP contribution in [0.25, 0.3) is 11.3 Å². The second-order valence-electron chi connectivity index (χ2n) is 10.2. The summed E-state index contributed by atoms with van der Waals surface area (Å²) in [7, 11) is -2.38. The Balaban J connectivity index is 1.31. The molecular formula is C29H32N6O5S. The number of aliphatic hydroxyl groups excluding tert-OH is 1. The zero-order chi connectivity index (χ0) is 29.1. The maximum absolute atomic E-state index is 13.0. The minimum absolute atomic E-state index is 0.0255. The molecule has 3 heterocycles. The number of anilines is 1. The number of hydrogen-bond acceptors (Lipinski definition) is 8. The third-order valence-corrected chi connectivity index (χ3v) is 8.22. The Hall–Kier alpha value is -4.29. The highest BCUT2D eigenvalue weighted by atomic mass is 32.2. The van der Waals surface area contributed by atoms with Crippen LogP contribution in [-0.2, 0) is 28.3 Å². The topological polar surface area (TPSA) is 140 Å². The molecule has 12 heteroatoms. The number of likely N-dealkylation sites (tertiary alicyclic amines) is 1. The molecule has 214 valence electrons. The number of carbonyl (C=O) groups excluding carboxylic acids is 1. The second-order valence-corrected chi connectivity index (χ2v) is 11.8. The molecule has 41 heavy (non-hydrogen) atoms. The molecule has 1 amide bonds. The highest BCUT2D eigenvalue weighted by Crippen LogP contribution is 2.30. The number of carbonyl (C=O) groups is 1. The molecular weight excluding hydrogens is 544 g/mol. The SMILES string of the molecule is Cc1cccc(C)c1-c1cc(OC2CN(C(=O)[C@H](O)CCc3ccccc3)C2)nc(NS(=O)(=O)c2cnn(C)c2)n1. The molecule has 2 aromatic carbocycles. The summed E-state index contributed by atoms with van der Waals surface area (Å²) in [5.74, 6) is -0.319. The van der Waals surface area contributed by atoms with Gasteiger partial charge < -0.3 is 14.7 Å². The smallest absolute Gasteiger partial charge is 0.267 e. The number of nitrogens with zero attached hydrogens (tertiary/aromatic N) is 5. The van der Waals surface area contributed by atoms with Gasteiger partial charge in [0.1, 0.15) is 17.1 Å². The third kappa shape index (κ3) is 6.55. The van der Waals surface area contributed by atoms with Crippen molar-refractivity contribution in [2.75, 3.05) is 17.8 Å². The Morgan fingerprint density at radius 1 is 1.10 bits per heavy atom. The standard InChI is InChI=1S/C29H32N6O5S/c1-19-8-7-9-20(2)27(19)24-14-26(32-29(31-24)33-41(38,39)23-15-30-34(3)18-23)40-22-16-35(17-22)28(37)25(36)13-12-21-10-5-4-6-11-21/h4-11,14-15,18,22,25,36H,12-13,16-17H2,1-3H3,(H,31,32,33)/t25-/m1/s1. The van der Waals surface area contributed by atoms with Gasteiger partial charge in [0.15, 0.2) is 0 Å². The summed E-state index contributed by atoms with van der Waals surface area (Å²) >= 11 is 0. The fraction of sp³-hybridized carbons (Fsp3) is 0.310. The lowest BCUT2D eigenvalue weighted by atomic mass is 10.00. The monoisotopic (exact) mass is 576 g/mol. The summed E-state index contributed by atoms with van der Waals surface area (Å²) in [5.41, 5.74) is 4.32. The molecule has 0 bridgehead atoms. The van der Waals surface area contributed by atoms with E-state index in [1.54, 1.807) is 18.0 Å². The van der Waals surface area contributed by atoms with E-state index in [-0.39, 0.29) is 41.8 Å². The molecule has 0 aliphatic carbocycles. The molecule has 1 fully saturated rings. The average Bonchev–Trinajstić information content (AvgIpc) is 3.36. The fourth-order valence-corrected chi connectivity index (χ4v) is 5.67. The predicted octanol–water partition coefficient (Wildman–Crippen LogP) is 2.88. The summed E-state index contributed by atoms with van der Waals surface area (Å²) in [5, 5.41) is 14.4. The largest absolute Gasteiger partial charge is 0.470 e. The van der Waals surface area contributed by atoms with Crippen molar-refractivity contribution in [3.05, 3.63) is 83.7 Å². The number of sulfonamides is 1. The van der Waals surface area contributed by atoms with E-state index in [0.717, 1.165) is 22.3 Å². The lowest BCUT2D eigenvalue weighted by molar-refractivity contribution is -0.149. The Kier molecular flexibility index (Phi) is 8.04. The maximum atomic E-state index is 13.0. The number of hydrogen-bond donors (Lipinski definition) is 2. The first kappa shape index (κ1) is 28.2. The minimum Gasteiger partial charge on any atom is -0.470 e. The lowest BCUT2D eigenvalue weighted by Gasteiger charge is -2.39. The summed E-state index contributed by atoms with van der Waals surface area (Å²) in [6.07, 6.45) is 2.08. The van der Waals surface area contributed by atoms with Crippen LogP contribution in [0.2, 0.25) is 0 Å². The summed E-state index contributed by atoms with van der Waals surface area (Å²) < 4.78 is 35.8. The molecule has 5 rings (SSSR count). The Morgan fingerprint density at radius 2 is 1.80 bits per heavy atom. The zero-order valence-electron chi connectivity index (χ0n) is 23.1. The molecule has 0 radical (unpaired) electrons. The van der Waals surface area contributed by atoms with E-state index in [9.17, 15) is 18.3 Å². The van der Waals surface area contributed by atoms with Gasteiger partial charge in [0.05, 0.1) is 25.0 Å². The van der Waals surface area contributed by atoms with E-state index in [4.69, 9.17) is 4.74 Å². The Bertz CT molecular complexity index is 1630. The van der Waals surface area contributed by atoms with E-state index < -0.39 is 16.1 Å².